The second-order valence-corrected chi connectivity index (χ2v) is 7.94. The number of nitrogens with one attached hydrogen (secondary N) is 1. The van der Waals surface area contributed by atoms with E-state index in [1.54, 1.807) is 31.4 Å². The van der Waals surface area contributed by atoms with Crippen LogP contribution in [0.2, 0.25) is 0 Å². The number of benzene rings is 2. The van der Waals surface area contributed by atoms with Crippen molar-refractivity contribution in [2.75, 3.05) is 25.6 Å². The van der Waals surface area contributed by atoms with Crippen LogP contribution in [0.1, 0.15) is 37.0 Å². The first-order valence-electron chi connectivity index (χ1n) is 10.5. The predicted molar refractivity (Wildman–Crippen MR) is 122 cm³/mol. The minimum Gasteiger partial charge on any atom is -0.497 e. The van der Waals surface area contributed by atoms with Gasteiger partial charge in [0.25, 0.3) is 11.8 Å². The van der Waals surface area contributed by atoms with Gasteiger partial charge in [0.05, 0.1) is 18.8 Å². The Kier molecular flexibility index (Phi) is 7.13. The molecule has 31 heavy (non-hydrogen) atoms. The lowest BCUT2D eigenvalue weighted by atomic mass is 10.0. The van der Waals surface area contributed by atoms with Gasteiger partial charge in [-0.15, -0.1) is 0 Å². The standard InChI is InChI=1S/C25H30N2O4/c1-16(2)31-14-6-13-27-24(28)22(19-8-11-21(30-5)12-9-19)23(25(27)29)26-20-10-7-17(3)18(4)15-20/h7-12,15-16,26H,6,13-14H2,1-5H3. The van der Waals surface area contributed by atoms with Crippen molar-refractivity contribution in [1.82, 2.24) is 4.90 Å². The first kappa shape index (κ1) is 22.6. The maximum Gasteiger partial charge on any atom is 0.278 e. The van der Waals surface area contributed by atoms with E-state index in [4.69, 9.17) is 9.47 Å². The van der Waals surface area contributed by atoms with Gasteiger partial charge in [-0.3, -0.25) is 14.5 Å². The molecular formula is C25H30N2O4. The van der Waals surface area contributed by atoms with Crippen LogP contribution in [0.25, 0.3) is 5.57 Å². The molecular weight excluding hydrogens is 392 g/mol. The van der Waals surface area contributed by atoms with Crippen molar-refractivity contribution in [3.63, 3.8) is 0 Å². The van der Waals surface area contributed by atoms with Gasteiger partial charge in [-0.1, -0.05) is 18.2 Å². The molecule has 2 amide bonds. The zero-order valence-corrected chi connectivity index (χ0v) is 18.8. The van der Waals surface area contributed by atoms with Gasteiger partial charge in [-0.25, -0.2) is 0 Å². The molecule has 0 spiro atoms. The molecule has 0 radical (unpaired) electrons. The van der Waals surface area contributed by atoms with E-state index in [1.807, 2.05) is 45.9 Å². The Morgan fingerprint density at radius 2 is 1.68 bits per heavy atom. The molecule has 0 atom stereocenters. The number of carbonyl (C=O) groups excluding carboxylic acids is 2. The third-order valence-electron chi connectivity index (χ3n) is 5.30. The highest BCUT2D eigenvalue weighted by Gasteiger charge is 2.38. The molecule has 2 aromatic carbocycles. The van der Waals surface area contributed by atoms with Crippen LogP contribution < -0.4 is 10.1 Å². The minimum absolute atomic E-state index is 0.111. The van der Waals surface area contributed by atoms with Crippen molar-refractivity contribution in [3.05, 3.63) is 64.9 Å². The molecule has 1 heterocycles. The number of anilines is 1. The number of ether oxygens (including phenoxy) is 2. The second-order valence-electron chi connectivity index (χ2n) is 7.94. The molecule has 0 saturated heterocycles. The molecule has 1 N–H and O–H groups in total. The molecule has 3 rings (SSSR count). The molecule has 1 aliphatic heterocycles. The monoisotopic (exact) mass is 422 g/mol. The van der Waals surface area contributed by atoms with Gasteiger partial charge in [0.1, 0.15) is 11.4 Å². The first-order chi connectivity index (χ1) is 14.8. The summed E-state index contributed by atoms with van der Waals surface area (Å²) in [6.45, 7) is 8.77. The highest BCUT2D eigenvalue weighted by Crippen LogP contribution is 2.32. The van der Waals surface area contributed by atoms with Gasteiger partial charge in [-0.2, -0.15) is 0 Å². The first-order valence-corrected chi connectivity index (χ1v) is 10.5. The number of hydrogen-bond acceptors (Lipinski definition) is 5. The summed E-state index contributed by atoms with van der Waals surface area (Å²) in [5, 5.41) is 3.21. The lowest BCUT2D eigenvalue weighted by Crippen LogP contribution is -2.34. The summed E-state index contributed by atoms with van der Waals surface area (Å²) >= 11 is 0. The maximum absolute atomic E-state index is 13.3. The van der Waals surface area contributed by atoms with E-state index < -0.39 is 0 Å². The largest absolute Gasteiger partial charge is 0.497 e. The van der Waals surface area contributed by atoms with Gasteiger partial charge in [0.15, 0.2) is 0 Å². The Labute approximate surface area is 183 Å². The van der Waals surface area contributed by atoms with Crippen LogP contribution in [0.3, 0.4) is 0 Å². The van der Waals surface area contributed by atoms with E-state index in [-0.39, 0.29) is 17.9 Å². The quantitative estimate of drug-likeness (QED) is 0.482. The Bertz CT molecular complexity index is 993. The van der Waals surface area contributed by atoms with Crippen LogP contribution in [0.15, 0.2) is 48.2 Å². The summed E-state index contributed by atoms with van der Waals surface area (Å²) in [5.74, 6) is 0.0668. The number of aryl methyl sites for hydroxylation is 2. The third kappa shape index (κ3) is 5.14. The van der Waals surface area contributed by atoms with E-state index in [2.05, 4.69) is 5.32 Å². The van der Waals surface area contributed by atoms with Crippen LogP contribution >= 0.6 is 0 Å². The van der Waals surface area contributed by atoms with E-state index in [9.17, 15) is 9.59 Å². The lowest BCUT2D eigenvalue weighted by Gasteiger charge is -2.16. The SMILES string of the molecule is COc1ccc(C2=C(Nc3ccc(C)c(C)c3)C(=O)N(CCCOC(C)C)C2=O)cc1. The molecule has 0 bridgehead atoms. The molecule has 1 aliphatic rings. The number of nitrogens with zero attached hydrogens (tertiary/aromatic N) is 1. The van der Waals surface area contributed by atoms with Gasteiger partial charge in [-0.05, 0) is 75.1 Å². The van der Waals surface area contributed by atoms with E-state index in [0.717, 1.165) is 16.8 Å². The fourth-order valence-corrected chi connectivity index (χ4v) is 3.43. The summed E-state index contributed by atoms with van der Waals surface area (Å²) in [6.07, 6.45) is 0.697. The van der Waals surface area contributed by atoms with Crippen LogP contribution in [-0.4, -0.2) is 43.1 Å². The molecule has 0 fully saturated rings. The number of hydrogen-bond donors (Lipinski definition) is 1. The van der Waals surface area contributed by atoms with Crippen LogP contribution in [0, 0.1) is 13.8 Å². The fraction of sp³-hybridized carbons (Fsp3) is 0.360. The van der Waals surface area contributed by atoms with Gasteiger partial charge in [0, 0.05) is 18.8 Å². The van der Waals surface area contributed by atoms with Crippen molar-refractivity contribution >= 4 is 23.1 Å². The zero-order chi connectivity index (χ0) is 22.5. The van der Waals surface area contributed by atoms with Crippen LogP contribution in [0.4, 0.5) is 5.69 Å². The second kappa shape index (κ2) is 9.79. The summed E-state index contributed by atoms with van der Waals surface area (Å²) in [7, 11) is 1.59. The molecule has 6 nitrogen and oxygen atoms in total. The summed E-state index contributed by atoms with van der Waals surface area (Å²) < 4.78 is 10.8. The van der Waals surface area contributed by atoms with Crippen molar-refractivity contribution in [3.8, 4) is 5.75 Å². The fourth-order valence-electron chi connectivity index (χ4n) is 3.43. The minimum atomic E-state index is -0.321. The van der Waals surface area contributed by atoms with E-state index in [1.165, 1.54) is 4.90 Å². The van der Waals surface area contributed by atoms with Gasteiger partial charge >= 0.3 is 0 Å². The van der Waals surface area contributed by atoms with Gasteiger partial charge < -0.3 is 14.8 Å². The topological polar surface area (TPSA) is 67.9 Å². The smallest absolute Gasteiger partial charge is 0.278 e. The molecule has 164 valence electrons. The highest BCUT2D eigenvalue weighted by atomic mass is 16.5. The molecule has 0 aliphatic carbocycles. The summed E-state index contributed by atoms with van der Waals surface area (Å²) in [6, 6.07) is 13.1. The van der Waals surface area contributed by atoms with Crippen molar-refractivity contribution < 1.29 is 19.1 Å². The number of rotatable bonds is 9. The van der Waals surface area contributed by atoms with Crippen LogP contribution in [0.5, 0.6) is 5.75 Å². The van der Waals surface area contributed by atoms with Crippen molar-refractivity contribution in [1.29, 1.82) is 0 Å². The third-order valence-corrected chi connectivity index (χ3v) is 5.30. The molecule has 0 unspecified atom stereocenters. The normalized spacial score (nSPS) is 14.1. The van der Waals surface area contributed by atoms with E-state index in [0.29, 0.717) is 42.2 Å². The lowest BCUT2D eigenvalue weighted by molar-refractivity contribution is -0.137. The van der Waals surface area contributed by atoms with Gasteiger partial charge in [0.2, 0.25) is 0 Å². The van der Waals surface area contributed by atoms with Crippen molar-refractivity contribution in [2.24, 2.45) is 0 Å². The molecule has 0 saturated carbocycles. The Hall–Kier alpha value is -3.12. The number of amides is 2. The predicted octanol–water partition coefficient (Wildman–Crippen LogP) is 4.32. The summed E-state index contributed by atoms with van der Waals surface area (Å²) in [4.78, 5) is 27.8. The van der Waals surface area contributed by atoms with Crippen LogP contribution in [-0.2, 0) is 14.3 Å². The zero-order valence-electron chi connectivity index (χ0n) is 18.8. The van der Waals surface area contributed by atoms with E-state index >= 15 is 0 Å². The van der Waals surface area contributed by atoms with Crippen molar-refractivity contribution in [2.45, 2.75) is 40.2 Å². The number of imide groups is 1. The number of methoxy groups -OCH3 is 1. The Balaban J connectivity index is 1.92. The average Bonchev–Trinajstić information content (AvgIpc) is 2.97. The Morgan fingerprint density at radius 3 is 2.29 bits per heavy atom. The highest BCUT2D eigenvalue weighted by molar-refractivity contribution is 6.36. The maximum atomic E-state index is 13.3. The number of carbonyl (C=O) groups is 2. The summed E-state index contributed by atoms with van der Waals surface area (Å²) in [5.41, 5.74) is 4.38. The Morgan fingerprint density at radius 1 is 0.968 bits per heavy atom. The molecule has 6 heteroatoms. The molecule has 2 aromatic rings. The molecule has 0 aromatic heterocycles. The average molecular weight is 423 g/mol.